The number of nitrogens with one attached hydrogen (secondary N) is 1. The Balaban J connectivity index is 1.62. The Kier molecular flexibility index (Phi) is 6.53. The Hall–Kier alpha value is -3.49. The number of esters is 1. The number of rotatable bonds is 8. The van der Waals surface area contributed by atoms with Gasteiger partial charge in [-0.25, -0.2) is 22.8 Å². The molecule has 11 heteroatoms. The minimum atomic E-state index is -3.82. The molecule has 3 aromatic rings. The molecule has 1 N–H and O–H groups in total. The number of imidazole rings is 1. The molecule has 0 fully saturated rings. The number of sulfonamides is 1. The van der Waals surface area contributed by atoms with Crippen molar-refractivity contribution in [3.8, 4) is 11.8 Å². The molecule has 0 spiro atoms. The summed E-state index contributed by atoms with van der Waals surface area (Å²) < 4.78 is 35.3. The maximum absolute atomic E-state index is 12.3. The molecule has 0 amide bonds. The quantitative estimate of drug-likeness (QED) is 0.523. The van der Waals surface area contributed by atoms with Crippen LogP contribution in [0.1, 0.15) is 29.2 Å². The van der Waals surface area contributed by atoms with Crippen molar-refractivity contribution in [3.05, 3.63) is 59.3 Å². The zero-order valence-corrected chi connectivity index (χ0v) is 18.2. The maximum Gasteiger partial charge on any atom is 0.307 e. The van der Waals surface area contributed by atoms with Gasteiger partial charge < -0.3 is 9.30 Å². The van der Waals surface area contributed by atoms with Crippen LogP contribution < -0.4 is 4.72 Å². The molecule has 0 bridgehead atoms. The predicted molar refractivity (Wildman–Crippen MR) is 111 cm³/mol. The molecule has 0 aliphatic carbocycles. The van der Waals surface area contributed by atoms with Crippen molar-refractivity contribution in [2.24, 2.45) is 7.05 Å². The lowest BCUT2D eigenvalue weighted by atomic mass is 10.2. The molecule has 1 aromatic carbocycles. The zero-order valence-electron chi connectivity index (χ0n) is 17.4. The number of para-hydroxylation sites is 1. The monoisotopic (exact) mass is 442 g/mol. The second-order valence-corrected chi connectivity index (χ2v) is 8.53. The second-order valence-electron chi connectivity index (χ2n) is 6.81. The molecule has 0 radical (unpaired) electrons. The van der Waals surface area contributed by atoms with Crippen LogP contribution in [0.15, 0.2) is 41.6 Å². The lowest BCUT2D eigenvalue weighted by molar-refractivity contribution is -0.144. The molecule has 2 heterocycles. The fourth-order valence-electron chi connectivity index (χ4n) is 2.87. The van der Waals surface area contributed by atoms with Gasteiger partial charge in [0.05, 0.1) is 23.5 Å². The Morgan fingerprint density at radius 1 is 1.26 bits per heavy atom. The summed E-state index contributed by atoms with van der Waals surface area (Å²) in [5.41, 5.74) is 2.04. The van der Waals surface area contributed by atoms with Crippen LogP contribution in [0, 0.1) is 25.2 Å². The number of aromatic nitrogens is 4. The molecule has 0 atom stereocenters. The number of aryl methyl sites for hydroxylation is 3. The Bertz CT molecular complexity index is 1220. The highest BCUT2D eigenvalue weighted by Crippen LogP contribution is 2.19. The van der Waals surface area contributed by atoms with Crippen molar-refractivity contribution in [1.29, 1.82) is 5.26 Å². The molecule has 162 valence electrons. The highest BCUT2D eigenvalue weighted by Gasteiger charge is 2.20. The first-order chi connectivity index (χ1) is 14.7. The molecule has 0 aliphatic heterocycles. The van der Waals surface area contributed by atoms with Crippen LogP contribution in [-0.4, -0.2) is 40.3 Å². The molecule has 0 aliphatic rings. The minimum absolute atomic E-state index is 0.109. The highest BCUT2D eigenvalue weighted by atomic mass is 32.2. The van der Waals surface area contributed by atoms with Gasteiger partial charge in [0.25, 0.3) is 10.0 Å². The van der Waals surface area contributed by atoms with Gasteiger partial charge >= 0.3 is 5.97 Å². The molecule has 3 rings (SSSR count). The van der Waals surface area contributed by atoms with E-state index in [1.54, 1.807) is 30.1 Å². The number of ether oxygens (including phenoxy) is 1. The van der Waals surface area contributed by atoms with Gasteiger partial charge in [-0.15, -0.1) is 0 Å². The molecule has 10 nitrogen and oxygen atoms in total. The van der Waals surface area contributed by atoms with Gasteiger partial charge in [0.2, 0.25) is 0 Å². The summed E-state index contributed by atoms with van der Waals surface area (Å²) in [7, 11) is -2.13. The van der Waals surface area contributed by atoms with Crippen molar-refractivity contribution < 1.29 is 17.9 Å². The number of hydrogen-bond donors (Lipinski definition) is 1. The van der Waals surface area contributed by atoms with E-state index in [4.69, 9.17) is 4.74 Å². The SMILES string of the molecule is Cc1nn(-c2ccccc2)c(COC(=O)CCNS(=O)(=O)c2cn(C)c(C)n2)c1C#N. The summed E-state index contributed by atoms with van der Waals surface area (Å²) in [4.78, 5) is 16.1. The Morgan fingerprint density at radius 2 is 1.97 bits per heavy atom. The number of carbonyl (C=O) groups is 1. The second kappa shape index (κ2) is 9.11. The van der Waals surface area contributed by atoms with Crippen LogP contribution in [-0.2, 0) is 33.2 Å². The third kappa shape index (κ3) is 4.99. The van der Waals surface area contributed by atoms with Crippen molar-refractivity contribution in [1.82, 2.24) is 24.1 Å². The number of carbonyl (C=O) groups excluding carboxylic acids is 1. The van der Waals surface area contributed by atoms with Gasteiger partial charge in [-0.05, 0) is 26.0 Å². The van der Waals surface area contributed by atoms with E-state index < -0.39 is 16.0 Å². The highest BCUT2D eigenvalue weighted by molar-refractivity contribution is 7.89. The zero-order chi connectivity index (χ0) is 22.6. The van der Waals surface area contributed by atoms with Crippen molar-refractivity contribution >= 4 is 16.0 Å². The standard InChI is InChI=1S/C20H22N6O4S/c1-14-17(11-21)18(26(24-14)16-7-5-4-6-8-16)13-30-20(27)9-10-22-31(28,29)19-12-25(3)15(2)23-19/h4-8,12,22H,9-10,13H2,1-3H3. The topological polar surface area (TPSA) is 132 Å². The number of nitriles is 1. The van der Waals surface area contributed by atoms with Crippen LogP contribution in [0.5, 0.6) is 0 Å². The van der Waals surface area contributed by atoms with Gasteiger partial charge in [-0.2, -0.15) is 10.4 Å². The smallest absolute Gasteiger partial charge is 0.307 e. The molecule has 0 saturated heterocycles. The number of hydrogen-bond acceptors (Lipinski definition) is 7. The van der Waals surface area contributed by atoms with Crippen LogP contribution >= 0.6 is 0 Å². The van der Waals surface area contributed by atoms with Crippen molar-refractivity contribution in [2.75, 3.05) is 6.54 Å². The largest absolute Gasteiger partial charge is 0.459 e. The Morgan fingerprint density at radius 3 is 2.58 bits per heavy atom. The molecular formula is C20H22N6O4S. The van der Waals surface area contributed by atoms with E-state index in [0.717, 1.165) is 5.69 Å². The van der Waals surface area contributed by atoms with E-state index in [9.17, 15) is 18.5 Å². The average Bonchev–Trinajstić information content (AvgIpc) is 3.25. The van der Waals surface area contributed by atoms with Gasteiger partial charge in [0.15, 0.2) is 5.03 Å². The van der Waals surface area contributed by atoms with E-state index in [1.165, 1.54) is 6.20 Å². The summed E-state index contributed by atoms with van der Waals surface area (Å²) >= 11 is 0. The summed E-state index contributed by atoms with van der Waals surface area (Å²) in [5, 5.41) is 13.7. The van der Waals surface area contributed by atoms with Gasteiger partial charge in [-0.3, -0.25) is 4.79 Å². The molecule has 2 aromatic heterocycles. The fourth-order valence-corrected chi connectivity index (χ4v) is 3.94. The lowest BCUT2D eigenvalue weighted by Crippen LogP contribution is -2.27. The summed E-state index contributed by atoms with van der Waals surface area (Å²) in [6.45, 7) is 3.09. The van der Waals surface area contributed by atoms with Gasteiger partial charge in [-0.1, -0.05) is 18.2 Å². The minimum Gasteiger partial charge on any atom is -0.459 e. The molecule has 0 unspecified atom stereocenters. The molecular weight excluding hydrogens is 420 g/mol. The molecule has 0 saturated carbocycles. The predicted octanol–water partition coefficient (Wildman–Crippen LogP) is 1.51. The first kappa shape index (κ1) is 22.2. The van der Waals surface area contributed by atoms with Gasteiger partial charge in [0, 0.05) is 19.8 Å². The van der Waals surface area contributed by atoms with Crippen LogP contribution in [0.4, 0.5) is 0 Å². The third-order valence-electron chi connectivity index (χ3n) is 4.62. The van der Waals surface area contributed by atoms with Crippen molar-refractivity contribution in [3.63, 3.8) is 0 Å². The number of benzene rings is 1. The van der Waals surface area contributed by atoms with E-state index in [-0.39, 0.29) is 24.6 Å². The third-order valence-corrected chi connectivity index (χ3v) is 5.95. The van der Waals surface area contributed by atoms with Gasteiger partial charge in [0.1, 0.15) is 24.1 Å². The fraction of sp³-hybridized carbons (Fsp3) is 0.300. The van der Waals surface area contributed by atoms with E-state index >= 15 is 0 Å². The van der Waals surface area contributed by atoms with E-state index in [2.05, 4.69) is 20.9 Å². The van der Waals surface area contributed by atoms with Crippen LogP contribution in [0.2, 0.25) is 0 Å². The van der Waals surface area contributed by atoms with E-state index in [0.29, 0.717) is 22.8 Å². The molecule has 31 heavy (non-hydrogen) atoms. The van der Waals surface area contributed by atoms with Crippen LogP contribution in [0.3, 0.4) is 0 Å². The summed E-state index contributed by atoms with van der Waals surface area (Å²) in [6, 6.07) is 11.3. The first-order valence-corrected chi connectivity index (χ1v) is 10.9. The normalized spacial score (nSPS) is 11.3. The summed E-state index contributed by atoms with van der Waals surface area (Å²) in [5.74, 6) is -0.0549. The van der Waals surface area contributed by atoms with E-state index in [1.807, 2.05) is 30.3 Å². The van der Waals surface area contributed by atoms with Crippen molar-refractivity contribution in [2.45, 2.75) is 31.9 Å². The first-order valence-electron chi connectivity index (χ1n) is 9.42. The lowest BCUT2D eigenvalue weighted by Gasteiger charge is -2.09. The number of nitrogens with zero attached hydrogens (tertiary/aromatic N) is 5. The van der Waals surface area contributed by atoms with Crippen LogP contribution in [0.25, 0.3) is 5.69 Å². The average molecular weight is 443 g/mol. The Labute approximate surface area is 180 Å². The summed E-state index contributed by atoms with van der Waals surface area (Å²) in [6.07, 6.45) is 1.22. The maximum atomic E-state index is 12.3.